The van der Waals surface area contributed by atoms with Crippen LogP contribution in [0.3, 0.4) is 0 Å². The molecule has 1 atom stereocenters. The SMILES string of the molecule is CC(CN(C)C(=O)CCn1cccn1)C(=O)O. The van der Waals surface area contributed by atoms with Gasteiger partial charge < -0.3 is 10.0 Å². The number of aliphatic carboxylic acids is 1. The third-order valence-electron chi connectivity index (χ3n) is 2.51. The lowest BCUT2D eigenvalue weighted by Gasteiger charge is -2.19. The van der Waals surface area contributed by atoms with E-state index in [4.69, 9.17) is 5.11 Å². The molecule has 0 radical (unpaired) electrons. The fourth-order valence-electron chi connectivity index (χ4n) is 1.42. The Morgan fingerprint density at radius 1 is 1.53 bits per heavy atom. The van der Waals surface area contributed by atoms with Crippen LogP contribution < -0.4 is 0 Å². The maximum Gasteiger partial charge on any atom is 0.308 e. The molecule has 0 aliphatic rings. The molecule has 1 rings (SSSR count). The molecule has 0 fully saturated rings. The molecule has 1 aromatic rings. The highest BCUT2D eigenvalue weighted by Crippen LogP contribution is 2.01. The first-order valence-corrected chi connectivity index (χ1v) is 5.45. The van der Waals surface area contributed by atoms with E-state index in [0.29, 0.717) is 13.0 Å². The zero-order valence-corrected chi connectivity index (χ0v) is 10.0. The minimum absolute atomic E-state index is 0.0754. The third-order valence-corrected chi connectivity index (χ3v) is 2.51. The molecule has 1 N–H and O–H groups in total. The summed E-state index contributed by atoms with van der Waals surface area (Å²) in [5.74, 6) is -1.51. The smallest absolute Gasteiger partial charge is 0.308 e. The van der Waals surface area contributed by atoms with Crippen molar-refractivity contribution in [2.45, 2.75) is 19.9 Å². The van der Waals surface area contributed by atoms with E-state index in [2.05, 4.69) is 5.10 Å². The zero-order valence-electron chi connectivity index (χ0n) is 10.0. The minimum atomic E-state index is -0.892. The van der Waals surface area contributed by atoms with Gasteiger partial charge in [0.1, 0.15) is 0 Å². The number of rotatable bonds is 6. The fraction of sp³-hybridized carbons (Fsp3) is 0.545. The van der Waals surface area contributed by atoms with Crippen LogP contribution in [0.1, 0.15) is 13.3 Å². The molecule has 0 saturated heterocycles. The van der Waals surface area contributed by atoms with Crippen LogP contribution in [0.5, 0.6) is 0 Å². The van der Waals surface area contributed by atoms with Crippen LogP contribution in [-0.4, -0.2) is 45.3 Å². The number of carbonyl (C=O) groups excluding carboxylic acids is 1. The zero-order chi connectivity index (χ0) is 12.8. The standard InChI is InChI=1S/C11H17N3O3/c1-9(11(16)17)8-13(2)10(15)4-7-14-6-3-5-12-14/h3,5-6,9H,4,7-8H2,1-2H3,(H,16,17). The van der Waals surface area contributed by atoms with Crippen LogP contribution in [-0.2, 0) is 16.1 Å². The minimum Gasteiger partial charge on any atom is -0.481 e. The number of amides is 1. The second-order valence-electron chi connectivity index (χ2n) is 4.03. The van der Waals surface area contributed by atoms with Gasteiger partial charge in [0.2, 0.25) is 5.91 Å². The van der Waals surface area contributed by atoms with Gasteiger partial charge in [-0.25, -0.2) is 0 Å². The number of carboxylic acid groups (broad SMARTS) is 1. The summed E-state index contributed by atoms with van der Waals surface area (Å²) in [5.41, 5.74) is 0. The molecule has 6 heteroatoms. The molecule has 0 spiro atoms. The molecule has 0 saturated carbocycles. The van der Waals surface area contributed by atoms with Crippen molar-refractivity contribution >= 4 is 11.9 Å². The molecule has 1 unspecified atom stereocenters. The van der Waals surface area contributed by atoms with Gasteiger partial charge in [-0.2, -0.15) is 5.10 Å². The van der Waals surface area contributed by atoms with E-state index < -0.39 is 11.9 Å². The van der Waals surface area contributed by atoms with Gasteiger partial charge in [-0.05, 0) is 6.07 Å². The highest BCUT2D eigenvalue weighted by Gasteiger charge is 2.17. The molecule has 1 aromatic heterocycles. The summed E-state index contributed by atoms with van der Waals surface area (Å²) in [6, 6.07) is 1.79. The van der Waals surface area contributed by atoms with Crippen LogP contribution in [0, 0.1) is 5.92 Å². The van der Waals surface area contributed by atoms with Crippen molar-refractivity contribution in [2.75, 3.05) is 13.6 Å². The Bertz CT molecular complexity index is 375. The topological polar surface area (TPSA) is 75.4 Å². The van der Waals surface area contributed by atoms with Crippen molar-refractivity contribution in [1.29, 1.82) is 0 Å². The van der Waals surface area contributed by atoms with E-state index in [9.17, 15) is 9.59 Å². The summed E-state index contributed by atoms with van der Waals surface area (Å²) in [6.07, 6.45) is 3.76. The highest BCUT2D eigenvalue weighted by molar-refractivity contribution is 5.77. The predicted molar refractivity (Wildman–Crippen MR) is 61.3 cm³/mol. The van der Waals surface area contributed by atoms with Crippen molar-refractivity contribution in [3.63, 3.8) is 0 Å². The van der Waals surface area contributed by atoms with Crippen LogP contribution in [0.4, 0.5) is 0 Å². The molecule has 6 nitrogen and oxygen atoms in total. The number of aromatic nitrogens is 2. The second-order valence-corrected chi connectivity index (χ2v) is 4.03. The van der Waals surface area contributed by atoms with Gasteiger partial charge in [-0.3, -0.25) is 14.3 Å². The van der Waals surface area contributed by atoms with Crippen LogP contribution >= 0.6 is 0 Å². The van der Waals surface area contributed by atoms with E-state index >= 15 is 0 Å². The first kappa shape index (κ1) is 13.2. The summed E-state index contributed by atoms with van der Waals surface area (Å²) in [6.45, 7) is 2.32. The van der Waals surface area contributed by atoms with Crippen LogP contribution in [0.15, 0.2) is 18.5 Å². The number of carboxylic acids is 1. The van der Waals surface area contributed by atoms with Gasteiger partial charge >= 0.3 is 5.97 Å². The number of hydrogen-bond donors (Lipinski definition) is 1. The number of aryl methyl sites for hydroxylation is 1. The number of carbonyl (C=O) groups is 2. The van der Waals surface area contributed by atoms with Crippen LogP contribution in [0.25, 0.3) is 0 Å². The Morgan fingerprint density at radius 3 is 2.76 bits per heavy atom. The Hall–Kier alpha value is -1.85. The van der Waals surface area contributed by atoms with Crippen molar-refractivity contribution in [1.82, 2.24) is 14.7 Å². The average Bonchev–Trinajstić information content (AvgIpc) is 2.78. The lowest BCUT2D eigenvalue weighted by Crippen LogP contribution is -2.34. The number of nitrogens with zero attached hydrogens (tertiary/aromatic N) is 3. The average molecular weight is 239 g/mol. The molecule has 0 bridgehead atoms. The summed E-state index contributed by atoms with van der Waals surface area (Å²) in [4.78, 5) is 23.8. The number of hydrogen-bond acceptors (Lipinski definition) is 3. The van der Waals surface area contributed by atoms with Gasteiger partial charge in [0.25, 0.3) is 0 Å². The normalized spacial score (nSPS) is 12.1. The molecular weight excluding hydrogens is 222 g/mol. The van der Waals surface area contributed by atoms with Gasteiger partial charge in [-0.1, -0.05) is 6.92 Å². The van der Waals surface area contributed by atoms with Crippen molar-refractivity contribution in [3.05, 3.63) is 18.5 Å². The summed E-state index contributed by atoms with van der Waals surface area (Å²) >= 11 is 0. The van der Waals surface area contributed by atoms with Crippen molar-refractivity contribution in [2.24, 2.45) is 5.92 Å². The van der Waals surface area contributed by atoms with Gasteiger partial charge in [0.05, 0.1) is 5.92 Å². The highest BCUT2D eigenvalue weighted by atomic mass is 16.4. The Balaban J connectivity index is 2.34. The largest absolute Gasteiger partial charge is 0.481 e. The maximum absolute atomic E-state index is 11.7. The maximum atomic E-state index is 11.7. The predicted octanol–water partition coefficient (Wildman–Crippen LogP) is 0.452. The van der Waals surface area contributed by atoms with E-state index in [1.165, 1.54) is 4.90 Å². The molecule has 94 valence electrons. The molecule has 0 aromatic carbocycles. The molecule has 1 amide bonds. The molecule has 0 aliphatic heterocycles. The van der Waals surface area contributed by atoms with E-state index in [-0.39, 0.29) is 12.5 Å². The third kappa shape index (κ3) is 4.26. The lowest BCUT2D eigenvalue weighted by atomic mass is 10.1. The Kier molecular flexibility index (Phi) is 4.68. The molecular formula is C11H17N3O3. The summed E-state index contributed by atoms with van der Waals surface area (Å²) < 4.78 is 1.67. The molecule has 0 aliphatic carbocycles. The summed E-state index contributed by atoms with van der Waals surface area (Å²) in [5, 5.41) is 12.7. The van der Waals surface area contributed by atoms with Gasteiger partial charge in [-0.15, -0.1) is 0 Å². The Morgan fingerprint density at radius 2 is 2.24 bits per heavy atom. The first-order valence-electron chi connectivity index (χ1n) is 5.45. The molecule has 1 heterocycles. The summed E-state index contributed by atoms with van der Waals surface area (Å²) in [7, 11) is 1.62. The van der Waals surface area contributed by atoms with Gasteiger partial charge in [0, 0.05) is 39.0 Å². The Labute approximate surface area is 99.8 Å². The monoisotopic (exact) mass is 239 g/mol. The van der Waals surface area contributed by atoms with E-state index in [0.717, 1.165) is 0 Å². The van der Waals surface area contributed by atoms with Crippen molar-refractivity contribution < 1.29 is 14.7 Å². The quantitative estimate of drug-likeness (QED) is 0.782. The van der Waals surface area contributed by atoms with Crippen LogP contribution in [0.2, 0.25) is 0 Å². The van der Waals surface area contributed by atoms with Crippen molar-refractivity contribution in [3.8, 4) is 0 Å². The lowest BCUT2D eigenvalue weighted by molar-refractivity contribution is -0.142. The second kappa shape index (κ2) is 6.03. The van der Waals surface area contributed by atoms with E-state index in [1.807, 2.05) is 0 Å². The first-order chi connectivity index (χ1) is 8.00. The van der Waals surface area contributed by atoms with E-state index in [1.54, 1.807) is 37.1 Å². The fourth-order valence-corrected chi connectivity index (χ4v) is 1.42. The molecule has 17 heavy (non-hydrogen) atoms. The van der Waals surface area contributed by atoms with Gasteiger partial charge in [0.15, 0.2) is 0 Å².